The highest BCUT2D eigenvalue weighted by Gasteiger charge is 2.16. The number of ether oxygens (including phenoxy) is 1. The molecule has 1 atom stereocenters. The number of aryl methyl sites for hydroxylation is 1. The van der Waals surface area contributed by atoms with Gasteiger partial charge in [-0.1, -0.05) is 18.2 Å². The number of carbonyl (C=O) groups excluding carboxylic acids is 2. The molecule has 0 fully saturated rings. The molecule has 6 nitrogen and oxygen atoms in total. The van der Waals surface area contributed by atoms with E-state index in [0.717, 1.165) is 22.8 Å². The van der Waals surface area contributed by atoms with E-state index in [9.17, 15) is 9.59 Å². The number of rotatable bonds is 6. The highest BCUT2D eigenvalue weighted by Crippen LogP contribution is 2.31. The van der Waals surface area contributed by atoms with Gasteiger partial charge in [-0.15, -0.1) is 0 Å². The normalized spacial score (nSPS) is 12.1. The number of nitrogens with one attached hydrogen (secondary N) is 1. The summed E-state index contributed by atoms with van der Waals surface area (Å²) in [6.45, 7) is 4.67. The van der Waals surface area contributed by atoms with Crippen LogP contribution in [-0.4, -0.2) is 22.5 Å². The zero-order chi connectivity index (χ0) is 21.3. The Morgan fingerprint density at radius 3 is 2.40 bits per heavy atom. The van der Waals surface area contributed by atoms with Crippen LogP contribution in [0, 0.1) is 0 Å². The maximum atomic E-state index is 12.6. The second-order valence-corrected chi connectivity index (χ2v) is 7.13. The maximum absolute atomic E-state index is 12.6. The molecular weight excluding hydrogens is 378 g/mol. The number of primary amides is 1. The number of para-hydroxylation sites is 1. The van der Waals surface area contributed by atoms with E-state index in [4.69, 9.17) is 10.5 Å². The molecule has 1 aromatic heterocycles. The number of carbonyl (C=O) groups is 2. The predicted octanol–water partition coefficient (Wildman–Crippen LogP) is 4.32. The molecule has 0 spiro atoms. The SMILES string of the molecule is CCn1c2ccccc2c2cc(NC(=O)[C@H](C)Oc3ccc(C(N)=O)cc3)ccc21. The number of hydrogen-bond acceptors (Lipinski definition) is 3. The van der Waals surface area contributed by atoms with E-state index in [1.807, 2.05) is 30.3 Å². The highest BCUT2D eigenvalue weighted by atomic mass is 16.5. The first kappa shape index (κ1) is 19.5. The Hall–Kier alpha value is -3.80. The molecule has 0 aliphatic rings. The zero-order valence-electron chi connectivity index (χ0n) is 16.9. The van der Waals surface area contributed by atoms with Crippen LogP contribution in [0.1, 0.15) is 24.2 Å². The Bertz CT molecular complexity index is 1240. The Morgan fingerprint density at radius 2 is 1.70 bits per heavy atom. The molecule has 4 aromatic rings. The molecule has 3 aromatic carbocycles. The molecule has 0 unspecified atom stereocenters. The van der Waals surface area contributed by atoms with Crippen molar-refractivity contribution in [3.63, 3.8) is 0 Å². The van der Waals surface area contributed by atoms with Crippen molar-refractivity contribution < 1.29 is 14.3 Å². The first-order valence-electron chi connectivity index (χ1n) is 9.86. The van der Waals surface area contributed by atoms with E-state index in [1.54, 1.807) is 31.2 Å². The molecule has 0 aliphatic carbocycles. The van der Waals surface area contributed by atoms with Gasteiger partial charge in [-0.2, -0.15) is 0 Å². The average Bonchev–Trinajstić information content (AvgIpc) is 3.07. The minimum absolute atomic E-state index is 0.257. The van der Waals surface area contributed by atoms with Crippen molar-refractivity contribution in [1.29, 1.82) is 0 Å². The second-order valence-electron chi connectivity index (χ2n) is 7.13. The molecule has 1 heterocycles. The van der Waals surface area contributed by atoms with Gasteiger partial charge in [0.2, 0.25) is 5.91 Å². The molecule has 152 valence electrons. The lowest BCUT2D eigenvalue weighted by Crippen LogP contribution is -2.30. The third kappa shape index (κ3) is 3.59. The van der Waals surface area contributed by atoms with Crippen molar-refractivity contribution in [3.8, 4) is 5.75 Å². The Morgan fingerprint density at radius 1 is 1.00 bits per heavy atom. The van der Waals surface area contributed by atoms with Gasteiger partial charge in [0.15, 0.2) is 6.10 Å². The van der Waals surface area contributed by atoms with Crippen LogP contribution in [0.2, 0.25) is 0 Å². The van der Waals surface area contributed by atoms with Gasteiger partial charge >= 0.3 is 0 Å². The number of nitrogens with zero attached hydrogens (tertiary/aromatic N) is 1. The Labute approximate surface area is 174 Å². The minimum atomic E-state index is -0.711. The van der Waals surface area contributed by atoms with Crippen molar-refractivity contribution in [1.82, 2.24) is 4.57 Å². The number of aromatic nitrogens is 1. The average molecular weight is 401 g/mol. The van der Waals surface area contributed by atoms with E-state index in [0.29, 0.717) is 17.0 Å². The minimum Gasteiger partial charge on any atom is -0.481 e. The van der Waals surface area contributed by atoms with E-state index >= 15 is 0 Å². The molecule has 4 rings (SSSR count). The second kappa shape index (κ2) is 7.91. The smallest absolute Gasteiger partial charge is 0.265 e. The fourth-order valence-corrected chi connectivity index (χ4v) is 3.67. The number of amides is 2. The van der Waals surface area contributed by atoms with E-state index in [1.165, 1.54) is 5.52 Å². The van der Waals surface area contributed by atoms with Crippen molar-refractivity contribution in [2.24, 2.45) is 5.73 Å². The standard InChI is InChI=1S/C24H23N3O3/c1-3-27-21-7-5-4-6-19(21)20-14-17(10-13-22(20)27)26-24(29)15(2)30-18-11-8-16(9-12-18)23(25)28/h4-15H,3H2,1-2H3,(H2,25,28)(H,26,29)/t15-/m0/s1. The number of fused-ring (bicyclic) bond motifs is 3. The van der Waals surface area contributed by atoms with Crippen LogP contribution in [0.4, 0.5) is 5.69 Å². The molecular formula is C24H23N3O3. The summed E-state index contributed by atoms with van der Waals surface area (Å²) in [7, 11) is 0. The highest BCUT2D eigenvalue weighted by molar-refractivity contribution is 6.10. The summed E-state index contributed by atoms with van der Waals surface area (Å²) in [5.74, 6) is -0.274. The third-order valence-electron chi connectivity index (χ3n) is 5.18. The van der Waals surface area contributed by atoms with Crippen LogP contribution < -0.4 is 15.8 Å². The maximum Gasteiger partial charge on any atom is 0.265 e. The molecule has 0 aliphatic heterocycles. The van der Waals surface area contributed by atoms with Crippen molar-refractivity contribution >= 4 is 39.3 Å². The van der Waals surface area contributed by atoms with E-state index < -0.39 is 12.0 Å². The first-order chi connectivity index (χ1) is 14.5. The van der Waals surface area contributed by atoms with Crippen LogP contribution in [-0.2, 0) is 11.3 Å². The van der Waals surface area contributed by atoms with Crippen molar-refractivity contribution in [2.75, 3.05) is 5.32 Å². The molecule has 30 heavy (non-hydrogen) atoms. The van der Waals surface area contributed by atoms with E-state index in [2.05, 4.69) is 28.9 Å². The summed E-state index contributed by atoms with van der Waals surface area (Å²) in [6.07, 6.45) is -0.711. The lowest BCUT2D eigenvalue weighted by molar-refractivity contribution is -0.122. The molecule has 0 radical (unpaired) electrons. The third-order valence-corrected chi connectivity index (χ3v) is 5.18. The topological polar surface area (TPSA) is 86.3 Å². The lowest BCUT2D eigenvalue weighted by atomic mass is 10.1. The summed E-state index contributed by atoms with van der Waals surface area (Å²) < 4.78 is 7.96. The van der Waals surface area contributed by atoms with Gasteiger partial charge in [-0.3, -0.25) is 9.59 Å². The zero-order valence-corrected chi connectivity index (χ0v) is 16.9. The fraction of sp³-hybridized carbons (Fsp3) is 0.167. The number of nitrogens with two attached hydrogens (primary N) is 1. The van der Waals surface area contributed by atoms with Crippen LogP contribution in [0.5, 0.6) is 5.75 Å². The van der Waals surface area contributed by atoms with Gasteiger partial charge < -0.3 is 20.4 Å². The molecule has 6 heteroatoms. The number of benzene rings is 3. The van der Waals surface area contributed by atoms with Crippen LogP contribution >= 0.6 is 0 Å². The molecule has 0 bridgehead atoms. The van der Waals surface area contributed by atoms with Crippen molar-refractivity contribution in [3.05, 3.63) is 72.3 Å². The summed E-state index contributed by atoms with van der Waals surface area (Å²) in [5.41, 5.74) is 8.65. The van der Waals surface area contributed by atoms with Crippen LogP contribution in [0.15, 0.2) is 66.7 Å². The van der Waals surface area contributed by atoms with Crippen LogP contribution in [0.3, 0.4) is 0 Å². The largest absolute Gasteiger partial charge is 0.481 e. The lowest BCUT2D eigenvalue weighted by Gasteiger charge is -2.15. The summed E-state index contributed by atoms with van der Waals surface area (Å²) >= 11 is 0. The molecule has 3 N–H and O–H groups in total. The quantitative estimate of drug-likeness (QED) is 0.504. The van der Waals surface area contributed by atoms with Gasteiger partial charge in [-0.05, 0) is 62.4 Å². The number of hydrogen-bond donors (Lipinski definition) is 2. The summed E-state index contributed by atoms with van der Waals surface area (Å²) in [5, 5.41) is 5.18. The van der Waals surface area contributed by atoms with Crippen LogP contribution in [0.25, 0.3) is 21.8 Å². The first-order valence-corrected chi connectivity index (χ1v) is 9.86. The van der Waals surface area contributed by atoms with Gasteiger partial charge in [-0.25, -0.2) is 0 Å². The van der Waals surface area contributed by atoms with Crippen molar-refractivity contribution in [2.45, 2.75) is 26.5 Å². The van der Waals surface area contributed by atoms with Gasteiger partial charge in [0.1, 0.15) is 5.75 Å². The number of anilines is 1. The van der Waals surface area contributed by atoms with Gasteiger partial charge in [0, 0.05) is 39.6 Å². The predicted molar refractivity (Wildman–Crippen MR) is 119 cm³/mol. The monoisotopic (exact) mass is 401 g/mol. The summed E-state index contributed by atoms with van der Waals surface area (Å²) in [4.78, 5) is 23.8. The molecule has 0 saturated carbocycles. The molecule has 2 amide bonds. The fourth-order valence-electron chi connectivity index (χ4n) is 3.67. The van der Waals surface area contributed by atoms with E-state index in [-0.39, 0.29) is 5.91 Å². The van der Waals surface area contributed by atoms with Gasteiger partial charge in [0.05, 0.1) is 0 Å². The Kier molecular flexibility index (Phi) is 5.14. The summed E-state index contributed by atoms with van der Waals surface area (Å²) in [6, 6.07) is 20.6. The molecule has 0 saturated heterocycles. The van der Waals surface area contributed by atoms with Gasteiger partial charge in [0.25, 0.3) is 5.91 Å². The Balaban J connectivity index is 1.53.